The van der Waals surface area contributed by atoms with Crippen molar-refractivity contribution in [1.82, 2.24) is 4.98 Å². The van der Waals surface area contributed by atoms with Crippen LogP contribution in [0.5, 0.6) is 0 Å². The van der Waals surface area contributed by atoms with Crippen molar-refractivity contribution in [1.29, 1.82) is 0 Å². The Bertz CT molecular complexity index is 639. The van der Waals surface area contributed by atoms with Gasteiger partial charge in [-0.1, -0.05) is 25.0 Å². The summed E-state index contributed by atoms with van der Waals surface area (Å²) >= 11 is 0. The average molecular weight is 257 g/mol. The van der Waals surface area contributed by atoms with Gasteiger partial charge in [-0.05, 0) is 24.8 Å². The van der Waals surface area contributed by atoms with E-state index < -0.39 is 0 Å². The number of ether oxygens (including phenoxy) is 1. The molecule has 3 nitrogen and oxygen atoms in total. The second-order valence-electron chi connectivity index (χ2n) is 5.34. The molecule has 0 radical (unpaired) electrons. The predicted molar refractivity (Wildman–Crippen MR) is 76.5 cm³/mol. The van der Waals surface area contributed by atoms with Crippen LogP contribution in [0.3, 0.4) is 0 Å². The molecule has 0 saturated heterocycles. The highest BCUT2D eigenvalue weighted by Gasteiger charge is 2.19. The number of hydrogen-bond acceptors (Lipinski definition) is 2. The summed E-state index contributed by atoms with van der Waals surface area (Å²) in [6.45, 7) is 0.529. The van der Waals surface area contributed by atoms with Gasteiger partial charge in [-0.15, -0.1) is 0 Å². The van der Waals surface area contributed by atoms with Crippen molar-refractivity contribution in [3.8, 4) is 0 Å². The van der Waals surface area contributed by atoms with E-state index in [4.69, 9.17) is 4.74 Å². The van der Waals surface area contributed by atoms with E-state index in [2.05, 4.69) is 4.98 Å². The summed E-state index contributed by atoms with van der Waals surface area (Å²) in [7, 11) is 1.68. The largest absolute Gasteiger partial charge is 0.380 e. The lowest BCUT2D eigenvalue weighted by molar-refractivity contribution is 0.186. The van der Waals surface area contributed by atoms with Crippen molar-refractivity contribution in [2.75, 3.05) is 7.11 Å². The zero-order valence-corrected chi connectivity index (χ0v) is 11.2. The molecule has 0 amide bonds. The van der Waals surface area contributed by atoms with Gasteiger partial charge in [0.1, 0.15) is 0 Å². The number of aromatic nitrogens is 1. The van der Waals surface area contributed by atoms with E-state index in [0.29, 0.717) is 12.5 Å². The van der Waals surface area contributed by atoms with Gasteiger partial charge in [0.2, 0.25) is 0 Å². The van der Waals surface area contributed by atoms with E-state index in [9.17, 15) is 4.79 Å². The fourth-order valence-electron chi connectivity index (χ4n) is 3.09. The van der Waals surface area contributed by atoms with E-state index in [1.807, 2.05) is 18.2 Å². The lowest BCUT2D eigenvalue weighted by Gasteiger charge is -2.12. The Morgan fingerprint density at radius 2 is 2.11 bits per heavy atom. The lowest BCUT2D eigenvalue weighted by atomic mass is 10.0. The first-order valence-corrected chi connectivity index (χ1v) is 6.93. The monoisotopic (exact) mass is 257 g/mol. The van der Waals surface area contributed by atoms with Crippen LogP contribution in [0.15, 0.2) is 29.1 Å². The molecule has 0 spiro atoms. The Balaban J connectivity index is 2.16. The second kappa shape index (κ2) is 5.17. The zero-order valence-electron chi connectivity index (χ0n) is 11.2. The molecule has 19 heavy (non-hydrogen) atoms. The van der Waals surface area contributed by atoms with Crippen LogP contribution < -0.4 is 5.43 Å². The minimum atomic E-state index is 0.119. The van der Waals surface area contributed by atoms with Crippen LogP contribution in [0.4, 0.5) is 0 Å². The van der Waals surface area contributed by atoms with Crippen molar-refractivity contribution >= 4 is 10.9 Å². The maximum absolute atomic E-state index is 12.3. The molecule has 1 aromatic carbocycles. The molecule has 0 atom stereocenters. The minimum Gasteiger partial charge on any atom is -0.380 e. The Morgan fingerprint density at radius 3 is 2.84 bits per heavy atom. The van der Waals surface area contributed by atoms with Crippen molar-refractivity contribution < 1.29 is 4.74 Å². The number of pyridine rings is 1. The molecule has 0 unspecified atom stereocenters. The molecule has 1 fully saturated rings. The molecule has 0 bridgehead atoms. The number of hydrogen-bond donors (Lipinski definition) is 1. The van der Waals surface area contributed by atoms with Gasteiger partial charge in [0.15, 0.2) is 5.43 Å². The van der Waals surface area contributed by atoms with Gasteiger partial charge in [-0.25, -0.2) is 0 Å². The molecular weight excluding hydrogens is 238 g/mol. The van der Waals surface area contributed by atoms with Crippen LogP contribution >= 0.6 is 0 Å². The third kappa shape index (κ3) is 2.30. The number of fused-ring (bicyclic) bond motifs is 1. The standard InChI is InChI=1S/C16H19NO2/c1-19-10-12-7-4-8-13-15(18)9-14(17-16(12)13)11-5-2-3-6-11/h4,7-9,11H,2-3,5-6,10H2,1H3,(H,17,18). The molecule has 3 rings (SSSR count). The number of H-pyrrole nitrogens is 1. The van der Waals surface area contributed by atoms with Gasteiger partial charge < -0.3 is 9.72 Å². The van der Waals surface area contributed by atoms with Crippen LogP contribution in [0.1, 0.15) is 42.9 Å². The maximum atomic E-state index is 12.3. The maximum Gasteiger partial charge on any atom is 0.189 e. The predicted octanol–water partition coefficient (Wildman–Crippen LogP) is 3.33. The summed E-state index contributed by atoms with van der Waals surface area (Å²) in [5.74, 6) is 0.521. The lowest BCUT2D eigenvalue weighted by Crippen LogP contribution is -2.09. The molecule has 1 N–H and O–H groups in total. The summed E-state index contributed by atoms with van der Waals surface area (Å²) in [5, 5.41) is 0.760. The first-order chi connectivity index (χ1) is 9.29. The Hall–Kier alpha value is -1.61. The summed E-state index contributed by atoms with van der Waals surface area (Å²) in [4.78, 5) is 15.7. The van der Waals surface area contributed by atoms with Crippen LogP contribution in [0.2, 0.25) is 0 Å². The SMILES string of the molecule is COCc1cccc2c(=O)cc(C3CCCC3)[nH]c12. The fraction of sp³-hybridized carbons (Fsp3) is 0.438. The molecule has 0 aliphatic heterocycles. The Kier molecular flexibility index (Phi) is 3.38. The molecule has 2 aromatic rings. The third-order valence-corrected chi connectivity index (χ3v) is 4.07. The average Bonchev–Trinajstić information content (AvgIpc) is 2.94. The zero-order chi connectivity index (χ0) is 13.2. The highest BCUT2D eigenvalue weighted by molar-refractivity contribution is 5.81. The van der Waals surface area contributed by atoms with Gasteiger partial charge in [-0.2, -0.15) is 0 Å². The van der Waals surface area contributed by atoms with Crippen molar-refractivity contribution in [3.05, 3.63) is 45.7 Å². The Morgan fingerprint density at radius 1 is 1.32 bits per heavy atom. The van der Waals surface area contributed by atoms with Crippen molar-refractivity contribution in [2.45, 2.75) is 38.2 Å². The van der Waals surface area contributed by atoms with Gasteiger partial charge >= 0.3 is 0 Å². The van der Waals surface area contributed by atoms with Crippen molar-refractivity contribution in [3.63, 3.8) is 0 Å². The first-order valence-electron chi connectivity index (χ1n) is 6.93. The number of nitrogens with one attached hydrogen (secondary N) is 1. The topological polar surface area (TPSA) is 42.1 Å². The van der Waals surface area contributed by atoms with Crippen LogP contribution in [0.25, 0.3) is 10.9 Å². The third-order valence-electron chi connectivity index (χ3n) is 4.07. The summed E-state index contributed by atoms with van der Waals surface area (Å²) in [5.41, 5.74) is 3.21. The van der Waals surface area contributed by atoms with Crippen LogP contribution in [-0.2, 0) is 11.3 Å². The minimum absolute atomic E-state index is 0.119. The van der Waals surface area contributed by atoms with Crippen LogP contribution in [-0.4, -0.2) is 12.1 Å². The highest BCUT2D eigenvalue weighted by Crippen LogP contribution is 2.33. The number of methoxy groups -OCH3 is 1. The Labute approximate surface area is 112 Å². The van der Waals surface area contributed by atoms with Gasteiger partial charge in [0, 0.05) is 29.8 Å². The fourth-order valence-corrected chi connectivity index (χ4v) is 3.09. The summed E-state index contributed by atoms with van der Waals surface area (Å²) in [6, 6.07) is 7.60. The van der Waals surface area contributed by atoms with E-state index in [0.717, 1.165) is 22.2 Å². The van der Waals surface area contributed by atoms with E-state index in [1.165, 1.54) is 25.7 Å². The molecule has 1 aliphatic carbocycles. The summed E-state index contributed by atoms with van der Waals surface area (Å²) in [6.07, 6.45) is 4.91. The van der Waals surface area contributed by atoms with Gasteiger partial charge in [-0.3, -0.25) is 4.79 Å². The number of rotatable bonds is 3. The molecule has 100 valence electrons. The van der Waals surface area contributed by atoms with Gasteiger partial charge in [0.05, 0.1) is 12.1 Å². The number of aromatic amines is 1. The molecule has 3 heteroatoms. The quantitative estimate of drug-likeness (QED) is 0.916. The summed E-state index contributed by atoms with van der Waals surface area (Å²) < 4.78 is 5.22. The smallest absolute Gasteiger partial charge is 0.189 e. The van der Waals surface area contributed by atoms with Gasteiger partial charge in [0.25, 0.3) is 0 Å². The highest BCUT2D eigenvalue weighted by atomic mass is 16.5. The number of para-hydroxylation sites is 1. The van der Waals surface area contributed by atoms with E-state index in [-0.39, 0.29) is 5.43 Å². The molecular formula is C16H19NO2. The number of benzene rings is 1. The molecule has 1 heterocycles. The normalized spacial score (nSPS) is 16.3. The second-order valence-corrected chi connectivity index (χ2v) is 5.34. The van der Waals surface area contributed by atoms with Crippen molar-refractivity contribution in [2.24, 2.45) is 0 Å². The molecule has 1 aliphatic rings. The molecule has 1 aromatic heterocycles. The molecule has 1 saturated carbocycles. The van der Waals surface area contributed by atoms with E-state index >= 15 is 0 Å². The van der Waals surface area contributed by atoms with E-state index in [1.54, 1.807) is 13.2 Å². The first kappa shape index (κ1) is 12.4. The van der Waals surface area contributed by atoms with Crippen LogP contribution in [0, 0.1) is 0 Å².